The number of ether oxygens (including phenoxy) is 2. The van der Waals surface area contributed by atoms with Gasteiger partial charge in [-0.25, -0.2) is 4.57 Å². The van der Waals surface area contributed by atoms with E-state index in [-0.39, 0.29) is 0 Å². The van der Waals surface area contributed by atoms with E-state index < -0.39 is 244 Å². The fraction of sp³-hybridized carbons (Fsp3) is 0.946. The van der Waals surface area contributed by atoms with Crippen molar-refractivity contribution in [2.75, 3.05) is 26.2 Å². The van der Waals surface area contributed by atoms with Crippen LogP contribution in [0, 0.1) is 0 Å². The second kappa shape index (κ2) is 34.9. The fourth-order valence-corrected chi connectivity index (χ4v) is 1.74. The van der Waals surface area contributed by atoms with Gasteiger partial charge < -0.3 is 19.5 Å². The zero-order valence-electron chi connectivity index (χ0n) is 93.7. The highest BCUT2D eigenvalue weighted by atomic mass is 31.2. The zero-order valence-corrected chi connectivity index (χ0v) is 23.6. The molecule has 0 aromatic rings. The second-order valence-corrected chi connectivity index (χ2v) is 6.98. The third-order valence-corrected chi connectivity index (χ3v) is 3.36. The zero-order chi connectivity index (χ0) is 98.0. The van der Waals surface area contributed by atoms with Gasteiger partial charge in [-0.15, -0.1) is 0 Å². The molecule has 2 unspecified atom stereocenters. The first-order chi connectivity index (χ1) is 49.4. The highest BCUT2D eigenvalue weighted by Gasteiger charge is 2.26. The Balaban J connectivity index is 8.96. The normalized spacial score (nSPS) is 46.7. The van der Waals surface area contributed by atoms with Gasteiger partial charge in [-0.2, -0.15) is 0 Å². The molecular weight excluding hydrogens is 619 g/mol. The monoisotopic (exact) mass is 764 g/mol. The number of hydrogen-bond donors (Lipinski definition) is 2. The first-order valence-corrected chi connectivity index (χ1v) is 12.3. The number of carbonyl (C=O) groups excluding carboxylic acids is 2. The maximum Gasteiger partial charge on any atom is 0.472 e. The molecule has 9 nitrogen and oxygen atoms in total. The summed E-state index contributed by atoms with van der Waals surface area (Å²) in [4.78, 5) is 38.7. The molecule has 0 bridgehead atoms. The predicted molar refractivity (Wildman–Crippen MR) is 190 cm³/mol. The van der Waals surface area contributed by atoms with Crippen LogP contribution in [0.15, 0.2) is 0 Å². The molecule has 0 saturated heterocycles. The van der Waals surface area contributed by atoms with Gasteiger partial charge in [0.15, 0.2) is 6.08 Å². The summed E-state index contributed by atoms with van der Waals surface area (Å²) < 4.78 is 608. The molecule has 10 heteroatoms. The van der Waals surface area contributed by atoms with E-state index in [9.17, 15) is 24.2 Å². The molecule has 0 amide bonds. The average Bonchev–Trinajstić information content (AvgIpc) is 0.678. The van der Waals surface area contributed by atoms with E-state index in [4.69, 9.17) is 97.3 Å². The summed E-state index contributed by atoms with van der Waals surface area (Å²) in [5, 5.41) is 9.57. The Morgan fingerprint density at radius 3 is 1.40 bits per heavy atom. The lowest BCUT2D eigenvalue weighted by molar-refractivity contribution is -0.161. The summed E-state index contributed by atoms with van der Waals surface area (Å²) in [6.45, 7) is -30.2. The summed E-state index contributed by atoms with van der Waals surface area (Å²) in [6.07, 6.45) is -161. The van der Waals surface area contributed by atoms with Gasteiger partial charge in [0.25, 0.3) is 0 Å². The molecule has 0 rings (SSSR count). The van der Waals surface area contributed by atoms with Gasteiger partial charge in [0.2, 0.25) is 0 Å². The van der Waals surface area contributed by atoms with Crippen LogP contribution in [0.2, 0.25) is 0 Å². The van der Waals surface area contributed by atoms with Crippen LogP contribution in [-0.4, -0.2) is 54.3 Å². The van der Waals surface area contributed by atoms with E-state index in [1.165, 1.54) is 0 Å². The highest BCUT2D eigenvalue weighted by molar-refractivity contribution is 7.47. The first kappa shape index (κ1) is 6.93. The second-order valence-electron chi connectivity index (χ2n) is 5.68. The molecule has 0 saturated carbocycles. The molecule has 2 N–H and O–H groups in total. The van der Waals surface area contributed by atoms with Gasteiger partial charge in [-0.1, -0.05) is 167 Å². The Hall–Kier alpha value is -0.990. The number of esters is 2. The maximum atomic E-state index is 14.2. The minimum Gasteiger partial charge on any atom is -0.462 e. The van der Waals surface area contributed by atoms with Crippen molar-refractivity contribution < 1.29 is 140 Å². The van der Waals surface area contributed by atoms with Crippen molar-refractivity contribution in [3.63, 3.8) is 0 Å². The average molecular weight is 764 g/mol. The van der Waals surface area contributed by atoms with Crippen molar-refractivity contribution in [2.24, 2.45) is 0 Å². The van der Waals surface area contributed by atoms with Gasteiger partial charge in [0.1, 0.15) is 6.56 Å². The van der Waals surface area contributed by atoms with E-state index >= 15 is 0 Å². The van der Waals surface area contributed by atoms with Gasteiger partial charge in [0.05, 0.1) is 32.0 Å². The summed E-state index contributed by atoms with van der Waals surface area (Å²) in [5.74, 6) is -7.88. The van der Waals surface area contributed by atoms with Crippen molar-refractivity contribution in [1.82, 2.24) is 0 Å². The number of aliphatic hydroxyl groups is 1. The van der Waals surface area contributed by atoms with Crippen molar-refractivity contribution in [1.29, 1.82) is 0 Å². The van der Waals surface area contributed by atoms with Crippen LogP contribution in [0.1, 0.15) is 289 Å². The third-order valence-electron chi connectivity index (χ3n) is 2.72. The molecule has 280 valence electrons. The molecule has 47 heavy (non-hydrogen) atoms. The molecule has 0 aromatic heterocycles. The predicted octanol–water partition coefficient (Wildman–Crippen LogP) is 10.5. The van der Waals surface area contributed by atoms with Crippen LogP contribution in [0.3, 0.4) is 0 Å². The first-order valence-electron chi connectivity index (χ1n) is 46.4. The number of carbonyl (C=O) groups is 2. The molecule has 0 aliphatic rings. The van der Waals surface area contributed by atoms with Crippen LogP contribution in [0.25, 0.3) is 0 Å². The SMILES string of the molecule is [2H]C([2H])([2H])C([2H])([2H])C([2H])([2H])C([2H])([2H])C([2H])([2H])C([2H])([2H])C([2H])([2H])C([2H])([2H])C([2H])([2H])C([2H])([2H])C([2H])([2H])C([2H])([2H])C([2H])([2H])C([2H])([2H])C([2H])([2H])C(=O)OC([2H])([2H])C([2H])(OC(=O)C([2H])([2H])C([2H])([2H])C([2H])([2H])C([2H])([2H])C([2H])([2H])C([2H])([2H])C([2H])([2H])C([2H])([2H])C([2H])([2H])C([2H])([2H])C([2H])([2H])C([2H])([2H])C([2H])([2H])C([2H])([2H])C([2H])([2H])[2H])C([2H])([2H])OP(=O)(O)OC([2H])([2H])C([2H])([2H])O. The van der Waals surface area contributed by atoms with E-state index in [1.54, 1.807) is 0 Å². The molecule has 0 aliphatic heterocycles. The summed E-state index contributed by atoms with van der Waals surface area (Å²) in [6, 6.07) is 0. The lowest BCUT2D eigenvalue weighted by atomic mass is 10.0. The van der Waals surface area contributed by atoms with E-state index in [0.717, 1.165) is 0 Å². The molecule has 0 heterocycles. The lowest BCUT2D eigenvalue weighted by Gasteiger charge is -2.19. The number of hydrogen-bond acceptors (Lipinski definition) is 8. The van der Waals surface area contributed by atoms with Crippen molar-refractivity contribution in [3.8, 4) is 0 Å². The standard InChI is InChI=1S/C37H73O9P/c1-3-5-7-9-11-13-15-17-19-21-23-25-27-29-36(39)43-33-35(34-45-47(41,42)44-32-31-38)46-37(40)30-28-26-24-22-20-18-16-14-12-10-8-6-4-2/h35,38H,3-34H2,1-2H3,(H,41,42)/i1D3,2D3,3D2,4D2,5D2,6D2,7D2,8D2,9D2,10D2,11D2,12D2,13D2,14D2,15D2,16D2,17D2,18D2,19D2,20D2,21D2,22D2,23D2,24D2,25D2,26D2,27D2,28D2,29D2,30D2,31D2,32D2,33D2,34D2,35D. The molecule has 0 aliphatic carbocycles. The molecule has 2 atom stereocenters. The minimum atomic E-state index is -7.48. The number of phosphoric ester groups is 1. The third kappa shape index (κ3) is 34.7. The molecule has 0 spiro atoms. The molecule has 0 fully saturated rings. The Kier molecular flexibility index (Phi) is 5.14. The number of phosphoric acid groups is 1. The van der Waals surface area contributed by atoms with Crippen molar-refractivity contribution >= 4 is 19.8 Å². The quantitative estimate of drug-likeness (QED) is 0.0469. The van der Waals surface area contributed by atoms with Crippen LogP contribution in [0.4, 0.5) is 0 Å². The largest absolute Gasteiger partial charge is 0.472 e. The fourth-order valence-electron chi connectivity index (χ4n) is 1.35. The maximum absolute atomic E-state index is 14.2. The Morgan fingerprint density at radius 1 is 0.617 bits per heavy atom. The Morgan fingerprint density at radius 2 is 1.00 bits per heavy atom. The van der Waals surface area contributed by atoms with E-state index in [2.05, 4.69) is 18.5 Å². The minimum absolute atomic E-state index is 3.63. The summed E-state index contributed by atoms with van der Waals surface area (Å²) in [5.41, 5.74) is 0. The topological polar surface area (TPSA) is 129 Å². The van der Waals surface area contributed by atoms with Crippen LogP contribution >= 0.6 is 7.82 Å². The van der Waals surface area contributed by atoms with E-state index in [1.807, 2.05) is 0 Å². The number of rotatable bonds is 37. The molecule has 0 aromatic carbocycles. The van der Waals surface area contributed by atoms with Crippen molar-refractivity contribution in [2.45, 2.75) is 198 Å². The van der Waals surface area contributed by atoms with Crippen LogP contribution in [0.5, 0.6) is 0 Å². The highest BCUT2D eigenvalue weighted by Crippen LogP contribution is 2.43. The molecule has 0 radical (unpaired) electrons. The van der Waals surface area contributed by atoms with Crippen LogP contribution in [-0.2, 0) is 32.7 Å². The van der Waals surface area contributed by atoms with Gasteiger partial charge in [0, 0.05) is 97.7 Å². The Bertz CT molecular complexity index is 3710. The van der Waals surface area contributed by atoms with E-state index in [0.29, 0.717) is 0 Å². The van der Waals surface area contributed by atoms with Gasteiger partial charge >= 0.3 is 19.8 Å². The molecular formula is C37H73O9P. The summed E-state index contributed by atoms with van der Waals surface area (Å²) in [7, 11) is -7.48. The van der Waals surface area contributed by atoms with Crippen LogP contribution < -0.4 is 0 Å². The lowest BCUT2D eigenvalue weighted by Crippen LogP contribution is -2.29. The van der Waals surface area contributed by atoms with Gasteiger partial charge in [-0.3, -0.25) is 18.6 Å². The van der Waals surface area contributed by atoms with Gasteiger partial charge in [-0.05, 0) is 12.7 Å². The smallest absolute Gasteiger partial charge is 0.462 e. The summed E-state index contributed by atoms with van der Waals surface area (Å²) >= 11 is 0. The Labute approximate surface area is 388 Å². The van der Waals surface area contributed by atoms with Crippen molar-refractivity contribution in [3.05, 3.63) is 0 Å².